The SMILES string of the molecule is CCC1=C(Cl)N=C(C(=O)N[C@@H]2CCN(c3nc4cccc(C(=O)O)c4s3)C[C@@H]2N2CCCC2)C1. The van der Waals surface area contributed by atoms with E-state index >= 15 is 0 Å². The highest BCUT2D eigenvalue weighted by molar-refractivity contribution is 7.22. The molecule has 0 radical (unpaired) electrons. The summed E-state index contributed by atoms with van der Waals surface area (Å²) in [7, 11) is 0. The molecule has 1 amide bonds. The number of fused-ring (bicyclic) bond motifs is 1. The molecule has 0 aliphatic carbocycles. The summed E-state index contributed by atoms with van der Waals surface area (Å²) in [5.41, 5.74) is 2.50. The molecule has 2 saturated heterocycles. The van der Waals surface area contributed by atoms with Crippen LogP contribution in [0.4, 0.5) is 5.13 Å². The van der Waals surface area contributed by atoms with Gasteiger partial charge in [-0.1, -0.05) is 35.9 Å². The van der Waals surface area contributed by atoms with Gasteiger partial charge in [0.2, 0.25) is 0 Å². The molecule has 0 saturated carbocycles. The van der Waals surface area contributed by atoms with Crippen molar-refractivity contribution in [2.45, 2.75) is 51.1 Å². The third-order valence-electron chi connectivity index (χ3n) is 7.01. The average Bonchev–Trinajstić information content (AvgIpc) is 3.58. The minimum atomic E-state index is -0.937. The summed E-state index contributed by atoms with van der Waals surface area (Å²) in [6.45, 7) is 5.53. The fourth-order valence-electron chi connectivity index (χ4n) is 5.12. The Balaban J connectivity index is 1.34. The Morgan fingerprint density at radius 1 is 1.26 bits per heavy atom. The van der Waals surface area contributed by atoms with Crippen molar-refractivity contribution in [1.29, 1.82) is 0 Å². The number of carboxylic acids is 1. The third kappa shape index (κ3) is 4.44. The van der Waals surface area contributed by atoms with Crippen LogP contribution in [0.15, 0.2) is 33.9 Å². The summed E-state index contributed by atoms with van der Waals surface area (Å²) in [6, 6.07) is 5.39. The van der Waals surface area contributed by atoms with E-state index < -0.39 is 5.97 Å². The first-order chi connectivity index (χ1) is 16.4. The van der Waals surface area contributed by atoms with Crippen molar-refractivity contribution in [3.8, 4) is 0 Å². The van der Waals surface area contributed by atoms with E-state index in [0.717, 1.165) is 62.6 Å². The highest BCUT2D eigenvalue weighted by Crippen LogP contribution is 2.34. The monoisotopic (exact) mass is 501 g/mol. The number of anilines is 1. The van der Waals surface area contributed by atoms with Crippen molar-refractivity contribution in [3.05, 3.63) is 34.5 Å². The van der Waals surface area contributed by atoms with Crippen molar-refractivity contribution in [2.24, 2.45) is 4.99 Å². The van der Waals surface area contributed by atoms with Gasteiger partial charge in [0.1, 0.15) is 10.9 Å². The Labute approximate surface area is 207 Å². The molecule has 4 heterocycles. The molecule has 180 valence electrons. The number of halogens is 1. The molecule has 5 rings (SSSR count). The molecule has 34 heavy (non-hydrogen) atoms. The van der Waals surface area contributed by atoms with Crippen LogP contribution in [0, 0.1) is 0 Å². The average molecular weight is 502 g/mol. The molecular weight excluding hydrogens is 474 g/mol. The summed E-state index contributed by atoms with van der Waals surface area (Å²) < 4.78 is 0.702. The lowest BCUT2D eigenvalue weighted by molar-refractivity contribution is -0.116. The summed E-state index contributed by atoms with van der Waals surface area (Å²) in [4.78, 5) is 38.4. The molecular formula is C24H28ClN5O3S. The number of allylic oxidation sites excluding steroid dienone is 1. The zero-order chi connectivity index (χ0) is 23.8. The van der Waals surface area contributed by atoms with E-state index in [2.05, 4.69) is 20.1 Å². The molecule has 0 spiro atoms. The lowest BCUT2D eigenvalue weighted by Crippen LogP contribution is -2.60. The number of likely N-dealkylation sites (tertiary alicyclic amines) is 1. The van der Waals surface area contributed by atoms with Gasteiger partial charge < -0.3 is 15.3 Å². The molecule has 2 atom stereocenters. The fraction of sp³-hybridized carbons (Fsp3) is 0.500. The zero-order valence-corrected chi connectivity index (χ0v) is 20.7. The van der Waals surface area contributed by atoms with Gasteiger partial charge in [-0.3, -0.25) is 9.69 Å². The largest absolute Gasteiger partial charge is 0.478 e. The minimum Gasteiger partial charge on any atom is -0.478 e. The minimum absolute atomic E-state index is 0.0120. The maximum absolute atomic E-state index is 13.0. The first-order valence-corrected chi connectivity index (χ1v) is 13.0. The van der Waals surface area contributed by atoms with Crippen LogP contribution >= 0.6 is 22.9 Å². The zero-order valence-electron chi connectivity index (χ0n) is 19.1. The maximum atomic E-state index is 13.0. The molecule has 0 bridgehead atoms. The van der Waals surface area contributed by atoms with E-state index in [9.17, 15) is 14.7 Å². The number of carboxylic acid groups (broad SMARTS) is 1. The Morgan fingerprint density at radius 2 is 2.06 bits per heavy atom. The lowest BCUT2D eigenvalue weighted by atomic mass is 9.97. The second-order valence-corrected chi connectivity index (χ2v) is 10.4. The normalized spacial score (nSPS) is 23.6. The van der Waals surface area contributed by atoms with Gasteiger partial charge in [-0.05, 0) is 56.5 Å². The van der Waals surface area contributed by atoms with Crippen molar-refractivity contribution in [1.82, 2.24) is 15.2 Å². The molecule has 3 aliphatic heterocycles. The molecule has 10 heteroatoms. The van der Waals surface area contributed by atoms with Gasteiger partial charge in [-0.15, -0.1) is 0 Å². The number of hydrogen-bond acceptors (Lipinski definition) is 7. The lowest BCUT2D eigenvalue weighted by Gasteiger charge is -2.43. The van der Waals surface area contributed by atoms with Gasteiger partial charge in [0, 0.05) is 31.6 Å². The molecule has 3 aliphatic rings. The van der Waals surface area contributed by atoms with E-state index in [4.69, 9.17) is 16.6 Å². The Morgan fingerprint density at radius 3 is 2.76 bits per heavy atom. The van der Waals surface area contributed by atoms with Crippen LogP contribution in [0.1, 0.15) is 49.4 Å². The van der Waals surface area contributed by atoms with Gasteiger partial charge in [-0.2, -0.15) is 0 Å². The Bertz CT molecular complexity index is 1190. The smallest absolute Gasteiger partial charge is 0.337 e. The number of nitrogens with one attached hydrogen (secondary N) is 1. The van der Waals surface area contributed by atoms with Crippen LogP contribution in [0.2, 0.25) is 0 Å². The van der Waals surface area contributed by atoms with E-state index in [-0.39, 0.29) is 23.6 Å². The van der Waals surface area contributed by atoms with Crippen LogP contribution in [0.5, 0.6) is 0 Å². The number of rotatable bonds is 6. The first-order valence-electron chi connectivity index (χ1n) is 11.8. The van der Waals surface area contributed by atoms with Crippen molar-refractivity contribution in [3.63, 3.8) is 0 Å². The van der Waals surface area contributed by atoms with Gasteiger partial charge in [0.25, 0.3) is 5.91 Å². The Hall–Kier alpha value is -2.49. The van der Waals surface area contributed by atoms with Gasteiger partial charge in [0.05, 0.1) is 15.8 Å². The number of benzene rings is 1. The van der Waals surface area contributed by atoms with Crippen molar-refractivity contribution in [2.75, 3.05) is 31.1 Å². The quantitative estimate of drug-likeness (QED) is 0.583. The van der Waals surface area contributed by atoms with Crippen LogP contribution in [0.25, 0.3) is 10.2 Å². The second kappa shape index (κ2) is 9.64. The van der Waals surface area contributed by atoms with E-state index in [1.54, 1.807) is 12.1 Å². The maximum Gasteiger partial charge on any atom is 0.337 e. The number of aliphatic imine (C=N–C) groups is 1. The number of piperidine rings is 1. The highest BCUT2D eigenvalue weighted by Gasteiger charge is 2.37. The van der Waals surface area contributed by atoms with E-state index in [0.29, 0.717) is 27.5 Å². The topological polar surface area (TPSA) is 98.1 Å². The van der Waals surface area contributed by atoms with E-state index in [1.807, 2.05) is 13.0 Å². The van der Waals surface area contributed by atoms with Crippen LogP contribution in [-0.2, 0) is 4.79 Å². The number of nitrogens with zero attached hydrogens (tertiary/aromatic N) is 4. The molecule has 8 nitrogen and oxygen atoms in total. The van der Waals surface area contributed by atoms with E-state index in [1.165, 1.54) is 11.3 Å². The summed E-state index contributed by atoms with van der Waals surface area (Å²) in [5, 5.41) is 14.1. The Kier molecular flexibility index (Phi) is 6.59. The number of aromatic carboxylic acids is 1. The number of aromatic nitrogens is 1. The van der Waals surface area contributed by atoms with Crippen LogP contribution in [0.3, 0.4) is 0 Å². The van der Waals surface area contributed by atoms with Gasteiger partial charge in [-0.25, -0.2) is 14.8 Å². The van der Waals surface area contributed by atoms with Crippen LogP contribution < -0.4 is 10.2 Å². The van der Waals surface area contributed by atoms with Gasteiger partial charge >= 0.3 is 5.97 Å². The number of thiazole rings is 1. The third-order valence-corrected chi connectivity index (χ3v) is 8.52. The standard InChI is InChI=1S/C24H28ClN5O3S/c1-2-14-12-18(26-21(14)25)22(31)27-16-8-11-30(13-19(16)29-9-3-4-10-29)24-28-17-7-5-6-15(23(32)33)20(17)34-24/h5-7,16,19H,2-4,8-13H2,1H3,(H,27,31)(H,32,33)/t16-,19+/m1/s1. The molecule has 0 unspecified atom stereocenters. The molecule has 2 N–H and O–H groups in total. The fourth-order valence-corrected chi connectivity index (χ4v) is 6.53. The number of hydrogen-bond donors (Lipinski definition) is 2. The van der Waals surface area contributed by atoms with Crippen LogP contribution in [-0.4, -0.2) is 70.8 Å². The van der Waals surface area contributed by atoms with Crippen molar-refractivity contribution < 1.29 is 14.7 Å². The van der Waals surface area contributed by atoms with Gasteiger partial charge in [0.15, 0.2) is 5.13 Å². The first kappa shape index (κ1) is 23.3. The predicted molar refractivity (Wildman–Crippen MR) is 135 cm³/mol. The number of carbonyl (C=O) groups is 2. The second-order valence-electron chi connectivity index (χ2n) is 9.06. The molecule has 2 fully saturated rings. The summed E-state index contributed by atoms with van der Waals surface area (Å²) in [6.07, 6.45) is 4.41. The number of amides is 1. The summed E-state index contributed by atoms with van der Waals surface area (Å²) >= 11 is 7.63. The summed E-state index contributed by atoms with van der Waals surface area (Å²) in [5.74, 6) is -1.07. The number of carbonyl (C=O) groups excluding carboxylic acids is 1. The highest BCUT2D eigenvalue weighted by atomic mass is 35.5. The van der Waals surface area contributed by atoms with Crippen molar-refractivity contribution >= 4 is 55.9 Å². The molecule has 1 aromatic carbocycles. The predicted octanol–water partition coefficient (Wildman–Crippen LogP) is 3.86. The molecule has 1 aromatic heterocycles. The molecule has 2 aromatic rings.